The van der Waals surface area contributed by atoms with Gasteiger partial charge in [-0.2, -0.15) is 0 Å². The summed E-state index contributed by atoms with van der Waals surface area (Å²) in [6.45, 7) is 0. The fourth-order valence-electron chi connectivity index (χ4n) is 1.46. The van der Waals surface area contributed by atoms with Crippen LogP contribution in [0.2, 0.25) is 0 Å². The van der Waals surface area contributed by atoms with Crippen molar-refractivity contribution in [2.45, 2.75) is 0 Å². The lowest BCUT2D eigenvalue weighted by Crippen LogP contribution is -1.87. The molecule has 1 N–H and O–H groups in total. The summed E-state index contributed by atoms with van der Waals surface area (Å²) < 4.78 is 0. The molecule has 0 bridgehead atoms. The Morgan fingerprint density at radius 2 is 1.05 bits per heavy atom. The molecule has 0 aliphatic heterocycles. The zero-order valence-corrected chi connectivity index (χ0v) is 10.5. The molecule has 3 aromatic rings. The standard InChI is InChI=1S/C12H11N.C4H4N2/c1-3-7-11(8-4-1)13-12-9-5-2-6-10-12;1-2-5-4-6-3-1/h1-10,13H;1-4H. The highest BCUT2D eigenvalue weighted by molar-refractivity contribution is 5.58. The molecule has 0 aliphatic carbocycles. The lowest BCUT2D eigenvalue weighted by atomic mass is 10.3. The second-order valence-electron chi connectivity index (χ2n) is 3.76. The predicted octanol–water partition coefficient (Wildman–Crippen LogP) is 3.91. The van der Waals surface area contributed by atoms with Crippen LogP contribution >= 0.6 is 0 Å². The summed E-state index contributed by atoms with van der Waals surface area (Å²) in [7, 11) is 0. The summed E-state index contributed by atoms with van der Waals surface area (Å²) in [6, 6.07) is 22.1. The van der Waals surface area contributed by atoms with E-state index in [2.05, 4.69) is 15.3 Å². The Bertz CT molecular complexity index is 489. The molecule has 0 aliphatic rings. The van der Waals surface area contributed by atoms with Crippen LogP contribution in [0.4, 0.5) is 11.4 Å². The lowest BCUT2D eigenvalue weighted by Gasteiger charge is -2.04. The van der Waals surface area contributed by atoms with Crippen molar-refractivity contribution in [2.24, 2.45) is 0 Å². The van der Waals surface area contributed by atoms with Gasteiger partial charge in [-0.15, -0.1) is 0 Å². The molecule has 0 saturated carbocycles. The maximum Gasteiger partial charge on any atom is 0.115 e. The average molecular weight is 249 g/mol. The predicted molar refractivity (Wildman–Crippen MR) is 78.2 cm³/mol. The molecule has 1 aromatic heterocycles. The summed E-state index contributed by atoms with van der Waals surface area (Å²) in [5, 5.41) is 3.30. The van der Waals surface area contributed by atoms with Gasteiger partial charge in [0.05, 0.1) is 0 Å². The first kappa shape index (κ1) is 12.8. The summed E-state index contributed by atoms with van der Waals surface area (Å²) in [4.78, 5) is 7.35. The largest absolute Gasteiger partial charge is 0.356 e. The van der Waals surface area contributed by atoms with Gasteiger partial charge >= 0.3 is 0 Å². The molecule has 1 heterocycles. The molecule has 0 fully saturated rings. The zero-order chi connectivity index (χ0) is 13.2. The Morgan fingerprint density at radius 3 is 1.37 bits per heavy atom. The molecule has 2 aromatic carbocycles. The van der Waals surface area contributed by atoms with Crippen LogP contribution in [-0.2, 0) is 0 Å². The van der Waals surface area contributed by atoms with E-state index in [1.165, 1.54) is 6.33 Å². The van der Waals surface area contributed by atoms with Crippen molar-refractivity contribution in [3.8, 4) is 0 Å². The second kappa shape index (κ2) is 7.61. The first-order valence-corrected chi connectivity index (χ1v) is 6.02. The van der Waals surface area contributed by atoms with Gasteiger partial charge in [0.25, 0.3) is 0 Å². The summed E-state index contributed by atoms with van der Waals surface area (Å²) in [5.41, 5.74) is 2.24. The third kappa shape index (κ3) is 5.00. The van der Waals surface area contributed by atoms with Crippen molar-refractivity contribution < 1.29 is 0 Å². The lowest BCUT2D eigenvalue weighted by molar-refractivity contribution is 1.17. The van der Waals surface area contributed by atoms with E-state index in [0.29, 0.717) is 0 Å². The van der Waals surface area contributed by atoms with Gasteiger partial charge in [0, 0.05) is 23.8 Å². The van der Waals surface area contributed by atoms with Gasteiger partial charge < -0.3 is 5.32 Å². The number of anilines is 2. The highest BCUT2D eigenvalue weighted by Gasteiger charge is 1.89. The molecule has 0 saturated heterocycles. The van der Waals surface area contributed by atoms with E-state index < -0.39 is 0 Å². The number of nitrogens with zero attached hydrogens (tertiary/aromatic N) is 2. The quantitative estimate of drug-likeness (QED) is 0.748. The molecule has 0 atom stereocenters. The number of nitrogens with one attached hydrogen (secondary N) is 1. The molecule has 94 valence electrons. The normalized spacial score (nSPS) is 9.05. The van der Waals surface area contributed by atoms with Gasteiger partial charge in [0.2, 0.25) is 0 Å². The van der Waals surface area contributed by atoms with Crippen molar-refractivity contribution in [1.82, 2.24) is 9.97 Å². The first-order chi connectivity index (χ1) is 9.45. The molecule has 0 spiro atoms. The zero-order valence-electron chi connectivity index (χ0n) is 10.5. The fraction of sp³-hybridized carbons (Fsp3) is 0. The Kier molecular flexibility index (Phi) is 5.11. The SMILES string of the molecule is c1ccc(Nc2ccccc2)cc1.c1cncnc1. The van der Waals surface area contributed by atoms with Gasteiger partial charge in [0.1, 0.15) is 6.33 Å². The van der Waals surface area contributed by atoms with Crippen LogP contribution in [0.25, 0.3) is 0 Å². The maximum absolute atomic E-state index is 3.67. The molecule has 0 radical (unpaired) electrons. The summed E-state index contributed by atoms with van der Waals surface area (Å²) >= 11 is 0. The summed E-state index contributed by atoms with van der Waals surface area (Å²) in [6.07, 6.45) is 4.88. The molecule has 3 nitrogen and oxygen atoms in total. The second-order valence-corrected chi connectivity index (χ2v) is 3.76. The highest BCUT2D eigenvalue weighted by atomic mass is 14.9. The monoisotopic (exact) mass is 249 g/mol. The van der Waals surface area contributed by atoms with Gasteiger partial charge in [-0.3, -0.25) is 0 Å². The summed E-state index contributed by atoms with van der Waals surface area (Å²) in [5.74, 6) is 0. The van der Waals surface area contributed by atoms with Crippen LogP contribution < -0.4 is 5.32 Å². The van der Waals surface area contributed by atoms with Crippen LogP contribution in [0.15, 0.2) is 85.5 Å². The van der Waals surface area contributed by atoms with Crippen molar-refractivity contribution in [3.05, 3.63) is 85.5 Å². The van der Waals surface area contributed by atoms with Crippen molar-refractivity contribution in [1.29, 1.82) is 0 Å². The Labute approximate surface area is 113 Å². The third-order valence-electron chi connectivity index (χ3n) is 2.31. The van der Waals surface area contributed by atoms with Gasteiger partial charge in [-0.25, -0.2) is 9.97 Å². The van der Waals surface area contributed by atoms with E-state index in [1.807, 2.05) is 60.7 Å². The highest BCUT2D eigenvalue weighted by Crippen LogP contribution is 2.14. The van der Waals surface area contributed by atoms with Crippen LogP contribution in [0.3, 0.4) is 0 Å². The number of rotatable bonds is 2. The Morgan fingerprint density at radius 1 is 0.579 bits per heavy atom. The van der Waals surface area contributed by atoms with E-state index in [1.54, 1.807) is 18.5 Å². The van der Waals surface area contributed by atoms with Gasteiger partial charge in [-0.05, 0) is 30.3 Å². The molecule has 19 heavy (non-hydrogen) atoms. The van der Waals surface area contributed by atoms with E-state index >= 15 is 0 Å². The molecule has 0 unspecified atom stereocenters. The average Bonchev–Trinajstić information content (AvgIpc) is 2.52. The molecule has 0 amide bonds. The number of aromatic nitrogens is 2. The minimum absolute atomic E-state index is 1.12. The molecular weight excluding hydrogens is 234 g/mol. The van der Waals surface area contributed by atoms with Gasteiger partial charge in [-0.1, -0.05) is 36.4 Å². The smallest absolute Gasteiger partial charge is 0.115 e. The van der Waals surface area contributed by atoms with E-state index in [0.717, 1.165) is 11.4 Å². The molecule has 3 heteroatoms. The molecule has 3 rings (SSSR count). The van der Waals surface area contributed by atoms with E-state index in [9.17, 15) is 0 Å². The topological polar surface area (TPSA) is 37.8 Å². The first-order valence-electron chi connectivity index (χ1n) is 6.02. The molecular formula is C16H15N3. The van der Waals surface area contributed by atoms with Crippen molar-refractivity contribution in [3.63, 3.8) is 0 Å². The van der Waals surface area contributed by atoms with Crippen LogP contribution in [-0.4, -0.2) is 9.97 Å². The number of para-hydroxylation sites is 2. The van der Waals surface area contributed by atoms with Crippen molar-refractivity contribution in [2.75, 3.05) is 5.32 Å². The fourth-order valence-corrected chi connectivity index (χ4v) is 1.46. The maximum atomic E-state index is 3.67. The number of hydrogen-bond acceptors (Lipinski definition) is 3. The van der Waals surface area contributed by atoms with Crippen LogP contribution in [0, 0.1) is 0 Å². The Balaban J connectivity index is 0.000000186. The van der Waals surface area contributed by atoms with E-state index in [4.69, 9.17) is 0 Å². The number of hydrogen-bond donors (Lipinski definition) is 1. The third-order valence-corrected chi connectivity index (χ3v) is 2.31. The minimum atomic E-state index is 1.12. The number of benzene rings is 2. The van der Waals surface area contributed by atoms with Crippen LogP contribution in [0.1, 0.15) is 0 Å². The van der Waals surface area contributed by atoms with Crippen LogP contribution in [0.5, 0.6) is 0 Å². The van der Waals surface area contributed by atoms with E-state index in [-0.39, 0.29) is 0 Å². The van der Waals surface area contributed by atoms with Crippen molar-refractivity contribution >= 4 is 11.4 Å². The van der Waals surface area contributed by atoms with Gasteiger partial charge in [0.15, 0.2) is 0 Å². The minimum Gasteiger partial charge on any atom is -0.356 e. The Hall–Kier alpha value is -2.68.